The number of hydrogen-bond donors (Lipinski definition) is 3. The Hall–Kier alpha value is -2.27. The van der Waals surface area contributed by atoms with Crippen molar-refractivity contribution in [3.63, 3.8) is 0 Å². The number of benzene rings is 1. The summed E-state index contributed by atoms with van der Waals surface area (Å²) in [5.41, 5.74) is 0.839. The molecule has 0 bridgehead atoms. The summed E-state index contributed by atoms with van der Waals surface area (Å²) < 4.78 is 0. The van der Waals surface area contributed by atoms with Gasteiger partial charge in [0.25, 0.3) is 0 Å². The summed E-state index contributed by atoms with van der Waals surface area (Å²) in [7, 11) is 0. The Morgan fingerprint density at radius 2 is 1.50 bits per heavy atom. The lowest BCUT2D eigenvalue weighted by atomic mass is 10.1. The van der Waals surface area contributed by atoms with Gasteiger partial charge in [0.05, 0.1) is 18.3 Å². The largest absolute Gasteiger partial charge is 0.390 e. The Morgan fingerprint density at radius 1 is 0.923 bits per heavy atom. The zero-order chi connectivity index (χ0) is 19.2. The van der Waals surface area contributed by atoms with E-state index in [0.29, 0.717) is 19.3 Å². The average Bonchev–Trinajstić information content (AvgIpc) is 2.63. The highest BCUT2D eigenvalue weighted by molar-refractivity contribution is 5.75. The molecule has 0 heterocycles. The van der Waals surface area contributed by atoms with E-state index in [2.05, 4.69) is 0 Å². The lowest BCUT2D eigenvalue weighted by Crippen LogP contribution is -2.23. The van der Waals surface area contributed by atoms with Crippen LogP contribution in [0.3, 0.4) is 0 Å². The van der Waals surface area contributed by atoms with Gasteiger partial charge in [0.2, 0.25) is 0 Å². The molecule has 0 saturated heterocycles. The van der Waals surface area contributed by atoms with E-state index in [4.69, 9.17) is 0 Å². The fraction of sp³-hybridized carbons (Fsp3) is 0.318. The molecule has 0 aromatic heterocycles. The SMILES string of the molecule is CC(=O)CCC[C@H](O)[C@H](O)/C=C/C=C/C=C\C=C\[C@@H](O)c1ccccc1. The van der Waals surface area contributed by atoms with Crippen LogP contribution in [0.15, 0.2) is 78.9 Å². The van der Waals surface area contributed by atoms with Gasteiger partial charge in [-0.1, -0.05) is 78.9 Å². The Kier molecular flexibility index (Phi) is 10.9. The molecule has 0 aliphatic heterocycles. The number of allylic oxidation sites excluding steroid dienone is 6. The monoisotopic (exact) mass is 356 g/mol. The van der Waals surface area contributed by atoms with Gasteiger partial charge in [-0.15, -0.1) is 0 Å². The maximum Gasteiger partial charge on any atom is 0.129 e. The molecule has 4 heteroatoms. The van der Waals surface area contributed by atoms with E-state index in [1.807, 2.05) is 30.3 Å². The molecule has 0 aliphatic carbocycles. The molecule has 0 aliphatic rings. The summed E-state index contributed by atoms with van der Waals surface area (Å²) in [4.78, 5) is 10.8. The standard InChI is InChI=1S/C22H28O4/c1-18(23)12-11-17-22(26)21(25)16-10-5-3-2-4-9-15-20(24)19-13-7-6-8-14-19/h2-10,13-16,20-22,24-26H,11-12,17H2,1H3/b4-2-,5-3+,15-9+,16-10+/t20-,21-,22+/m1/s1. The van der Waals surface area contributed by atoms with Crippen LogP contribution in [0.4, 0.5) is 0 Å². The fourth-order valence-corrected chi connectivity index (χ4v) is 2.22. The zero-order valence-electron chi connectivity index (χ0n) is 15.1. The summed E-state index contributed by atoms with van der Waals surface area (Å²) in [6.45, 7) is 1.51. The smallest absolute Gasteiger partial charge is 0.129 e. The summed E-state index contributed by atoms with van der Waals surface area (Å²) in [5, 5.41) is 29.5. The van der Waals surface area contributed by atoms with Crippen LogP contribution in [-0.4, -0.2) is 33.3 Å². The summed E-state index contributed by atoms with van der Waals surface area (Å²) >= 11 is 0. The molecule has 4 nitrogen and oxygen atoms in total. The zero-order valence-corrected chi connectivity index (χ0v) is 15.1. The fourth-order valence-electron chi connectivity index (χ4n) is 2.22. The summed E-state index contributed by atoms with van der Waals surface area (Å²) in [5.74, 6) is 0.0855. The normalized spacial score (nSPS) is 16.0. The van der Waals surface area contributed by atoms with E-state index in [9.17, 15) is 20.1 Å². The van der Waals surface area contributed by atoms with Gasteiger partial charge in [0, 0.05) is 6.42 Å². The van der Waals surface area contributed by atoms with Crippen LogP contribution in [0.25, 0.3) is 0 Å². The van der Waals surface area contributed by atoms with E-state index >= 15 is 0 Å². The van der Waals surface area contributed by atoms with Gasteiger partial charge in [-0.25, -0.2) is 0 Å². The first-order valence-corrected chi connectivity index (χ1v) is 8.77. The Morgan fingerprint density at radius 3 is 2.12 bits per heavy atom. The van der Waals surface area contributed by atoms with E-state index in [0.717, 1.165) is 5.56 Å². The number of Topliss-reactive ketones (excluding diaryl/α,β-unsaturated/α-hetero) is 1. The molecular formula is C22H28O4. The minimum Gasteiger partial charge on any atom is -0.390 e. The highest BCUT2D eigenvalue weighted by Gasteiger charge is 2.12. The minimum absolute atomic E-state index is 0.0855. The van der Waals surface area contributed by atoms with Crippen molar-refractivity contribution in [2.75, 3.05) is 0 Å². The van der Waals surface area contributed by atoms with Crippen molar-refractivity contribution in [1.29, 1.82) is 0 Å². The molecule has 0 amide bonds. The lowest BCUT2D eigenvalue weighted by Gasteiger charge is -2.13. The van der Waals surface area contributed by atoms with Crippen LogP contribution in [0.5, 0.6) is 0 Å². The van der Waals surface area contributed by atoms with E-state index in [-0.39, 0.29) is 5.78 Å². The van der Waals surface area contributed by atoms with Gasteiger partial charge < -0.3 is 20.1 Å². The van der Waals surface area contributed by atoms with E-state index in [1.165, 1.54) is 13.0 Å². The third-order valence-corrected chi connectivity index (χ3v) is 3.72. The number of carbonyl (C=O) groups excluding carboxylic acids is 1. The van der Waals surface area contributed by atoms with Crippen molar-refractivity contribution in [2.24, 2.45) is 0 Å². The number of carbonyl (C=O) groups is 1. The van der Waals surface area contributed by atoms with Gasteiger partial charge in [0.1, 0.15) is 5.78 Å². The average molecular weight is 356 g/mol. The highest BCUT2D eigenvalue weighted by atomic mass is 16.3. The molecule has 140 valence electrons. The second kappa shape index (κ2) is 13.0. The summed E-state index contributed by atoms with van der Waals surface area (Å²) in [6.07, 6.45) is 12.7. The molecule has 1 aromatic carbocycles. The van der Waals surface area contributed by atoms with Crippen LogP contribution in [-0.2, 0) is 4.79 Å². The molecule has 0 radical (unpaired) electrons. The van der Waals surface area contributed by atoms with Crippen LogP contribution in [0, 0.1) is 0 Å². The van der Waals surface area contributed by atoms with Gasteiger partial charge in [-0.3, -0.25) is 0 Å². The van der Waals surface area contributed by atoms with Crippen molar-refractivity contribution in [3.8, 4) is 0 Å². The van der Waals surface area contributed by atoms with Crippen LogP contribution in [0.2, 0.25) is 0 Å². The second-order valence-corrected chi connectivity index (χ2v) is 6.05. The maximum atomic E-state index is 10.8. The van der Waals surface area contributed by atoms with Gasteiger partial charge in [-0.05, 0) is 25.3 Å². The van der Waals surface area contributed by atoms with Gasteiger partial charge in [0.15, 0.2) is 0 Å². The molecule has 0 unspecified atom stereocenters. The molecule has 3 N–H and O–H groups in total. The second-order valence-electron chi connectivity index (χ2n) is 6.05. The van der Waals surface area contributed by atoms with Crippen molar-refractivity contribution in [3.05, 3.63) is 84.5 Å². The third-order valence-electron chi connectivity index (χ3n) is 3.72. The van der Waals surface area contributed by atoms with Crippen LogP contribution < -0.4 is 0 Å². The molecule has 0 spiro atoms. The number of hydrogen-bond acceptors (Lipinski definition) is 4. The topological polar surface area (TPSA) is 77.8 Å². The third kappa shape index (κ3) is 9.89. The maximum absolute atomic E-state index is 10.8. The first-order valence-electron chi connectivity index (χ1n) is 8.77. The molecular weight excluding hydrogens is 328 g/mol. The molecule has 26 heavy (non-hydrogen) atoms. The van der Waals surface area contributed by atoms with Crippen molar-refractivity contribution in [1.82, 2.24) is 0 Å². The predicted octanol–water partition coefficient (Wildman–Crippen LogP) is 3.43. The number of aliphatic hydroxyl groups is 3. The quantitative estimate of drug-likeness (QED) is 0.531. The molecule has 0 saturated carbocycles. The van der Waals surface area contributed by atoms with Crippen molar-refractivity contribution >= 4 is 5.78 Å². The number of rotatable bonds is 11. The molecule has 0 fully saturated rings. The molecule has 1 aromatic rings. The minimum atomic E-state index is -0.948. The first-order chi connectivity index (χ1) is 12.5. The molecule has 3 atom stereocenters. The summed E-state index contributed by atoms with van der Waals surface area (Å²) in [6, 6.07) is 9.39. The number of aliphatic hydroxyl groups excluding tert-OH is 3. The van der Waals surface area contributed by atoms with E-state index < -0.39 is 18.3 Å². The first kappa shape index (κ1) is 21.8. The Bertz CT molecular complexity index is 629. The Balaban J connectivity index is 2.30. The Labute approximate surface area is 155 Å². The highest BCUT2D eigenvalue weighted by Crippen LogP contribution is 2.13. The van der Waals surface area contributed by atoms with Gasteiger partial charge >= 0.3 is 0 Å². The van der Waals surface area contributed by atoms with Crippen molar-refractivity contribution in [2.45, 2.75) is 44.5 Å². The van der Waals surface area contributed by atoms with Gasteiger partial charge in [-0.2, -0.15) is 0 Å². The molecule has 1 rings (SSSR count). The van der Waals surface area contributed by atoms with Crippen LogP contribution in [0.1, 0.15) is 37.9 Å². The van der Waals surface area contributed by atoms with Crippen LogP contribution >= 0.6 is 0 Å². The van der Waals surface area contributed by atoms with Crippen molar-refractivity contribution < 1.29 is 20.1 Å². The lowest BCUT2D eigenvalue weighted by molar-refractivity contribution is -0.117. The number of ketones is 1. The van der Waals surface area contributed by atoms with E-state index in [1.54, 1.807) is 42.5 Å². The predicted molar refractivity (Wildman–Crippen MR) is 105 cm³/mol.